The van der Waals surface area contributed by atoms with Gasteiger partial charge in [-0.3, -0.25) is 9.59 Å². The van der Waals surface area contributed by atoms with Gasteiger partial charge < -0.3 is 10.3 Å². The van der Waals surface area contributed by atoms with Crippen molar-refractivity contribution in [3.05, 3.63) is 28.4 Å². The molecule has 0 aliphatic heterocycles. The van der Waals surface area contributed by atoms with Crippen LogP contribution in [0.4, 0.5) is 0 Å². The number of hydrogen-bond donors (Lipinski definition) is 2. The van der Waals surface area contributed by atoms with E-state index in [1.54, 1.807) is 0 Å². The molecule has 2 N–H and O–H groups in total. The molecule has 0 saturated carbocycles. The van der Waals surface area contributed by atoms with E-state index in [-0.39, 0.29) is 11.1 Å². The lowest BCUT2D eigenvalue weighted by molar-refractivity contribution is 0.0917. The molecule has 5 heteroatoms. The van der Waals surface area contributed by atoms with E-state index in [0.717, 1.165) is 0 Å². The number of nitrogens with zero attached hydrogens (tertiary/aromatic N) is 1. The predicted molar refractivity (Wildman–Crippen MR) is 52.1 cm³/mol. The zero-order chi connectivity index (χ0) is 10.8. The summed E-state index contributed by atoms with van der Waals surface area (Å²) in [5.41, 5.74) is -0.761. The normalized spacial score (nSPS) is 11.1. The molecular formula is C9H13N3O2. The van der Waals surface area contributed by atoms with Gasteiger partial charge in [0, 0.05) is 11.7 Å². The van der Waals surface area contributed by atoms with Crippen molar-refractivity contribution >= 4 is 5.91 Å². The average molecular weight is 195 g/mol. The Bertz CT molecular complexity index is 390. The molecule has 0 saturated heterocycles. The maximum Gasteiger partial charge on any atom is 0.263 e. The van der Waals surface area contributed by atoms with Gasteiger partial charge in [0.05, 0.1) is 6.33 Å². The third-order valence-electron chi connectivity index (χ3n) is 1.45. The van der Waals surface area contributed by atoms with Crippen molar-refractivity contribution in [3.8, 4) is 0 Å². The summed E-state index contributed by atoms with van der Waals surface area (Å²) in [5.74, 6) is -0.410. The quantitative estimate of drug-likeness (QED) is 0.676. The van der Waals surface area contributed by atoms with Crippen LogP contribution in [-0.2, 0) is 0 Å². The zero-order valence-corrected chi connectivity index (χ0v) is 8.42. The highest BCUT2D eigenvalue weighted by molar-refractivity contribution is 5.93. The SMILES string of the molecule is CC(C)(C)NC(=O)c1cnc[nH]c1=O. The molecule has 1 amide bonds. The molecule has 0 aromatic carbocycles. The number of aromatic amines is 1. The van der Waals surface area contributed by atoms with Crippen molar-refractivity contribution < 1.29 is 4.79 Å². The first-order chi connectivity index (χ1) is 6.40. The van der Waals surface area contributed by atoms with Gasteiger partial charge in [-0.2, -0.15) is 0 Å². The minimum Gasteiger partial charge on any atom is -0.347 e. The Hall–Kier alpha value is -1.65. The van der Waals surface area contributed by atoms with Gasteiger partial charge in [-0.1, -0.05) is 0 Å². The third-order valence-corrected chi connectivity index (χ3v) is 1.45. The molecule has 5 nitrogen and oxygen atoms in total. The van der Waals surface area contributed by atoms with Crippen LogP contribution in [0.25, 0.3) is 0 Å². The molecule has 0 aliphatic carbocycles. The van der Waals surface area contributed by atoms with Gasteiger partial charge in [-0.05, 0) is 20.8 Å². The minimum atomic E-state index is -0.429. The van der Waals surface area contributed by atoms with Crippen LogP contribution in [0.2, 0.25) is 0 Å². The van der Waals surface area contributed by atoms with Crippen LogP contribution in [0.3, 0.4) is 0 Å². The van der Waals surface area contributed by atoms with Crippen LogP contribution >= 0.6 is 0 Å². The minimum absolute atomic E-state index is 0.0300. The lowest BCUT2D eigenvalue weighted by atomic mass is 10.1. The fourth-order valence-corrected chi connectivity index (χ4v) is 0.914. The summed E-state index contributed by atoms with van der Waals surface area (Å²) < 4.78 is 0. The van der Waals surface area contributed by atoms with Crippen molar-refractivity contribution in [1.29, 1.82) is 0 Å². The number of amides is 1. The van der Waals surface area contributed by atoms with Crippen LogP contribution in [0, 0.1) is 0 Å². The zero-order valence-electron chi connectivity index (χ0n) is 8.42. The fourth-order valence-electron chi connectivity index (χ4n) is 0.914. The van der Waals surface area contributed by atoms with E-state index < -0.39 is 11.5 Å². The van der Waals surface area contributed by atoms with Crippen LogP contribution < -0.4 is 10.9 Å². The van der Waals surface area contributed by atoms with Crippen molar-refractivity contribution in [2.45, 2.75) is 26.3 Å². The Morgan fingerprint density at radius 3 is 2.64 bits per heavy atom. The first-order valence-electron chi connectivity index (χ1n) is 4.25. The van der Waals surface area contributed by atoms with Gasteiger partial charge in [-0.15, -0.1) is 0 Å². The largest absolute Gasteiger partial charge is 0.347 e. The topological polar surface area (TPSA) is 74.8 Å². The third kappa shape index (κ3) is 2.69. The Labute approximate surface area is 81.6 Å². The summed E-state index contributed by atoms with van der Waals surface area (Å²) in [5, 5.41) is 2.68. The summed E-state index contributed by atoms with van der Waals surface area (Å²) in [7, 11) is 0. The first kappa shape index (κ1) is 10.4. The molecule has 0 fully saturated rings. The number of rotatable bonds is 1. The second-order valence-electron chi connectivity index (χ2n) is 4.00. The Kier molecular flexibility index (Phi) is 2.69. The molecule has 0 aliphatic rings. The van der Waals surface area contributed by atoms with E-state index in [1.807, 2.05) is 20.8 Å². The number of hydrogen-bond acceptors (Lipinski definition) is 3. The standard InChI is InChI=1S/C9H13N3O2/c1-9(2,3)12-8(14)6-4-10-5-11-7(6)13/h4-5H,1-3H3,(H,12,14)(H,10,11,13). The molecule has 0 radical (unpaired) electrons. The van der Waals surface area contributed by atoms with E-state index in [0.29, 0.717) is 0 Å². The van der Waals surface area contributed by atoms with Crippen LogP contribution in [-0.4, -0.2) is 21.4 Å². The molecule has 0 atom stereocenters. The molecule has 0 unspecified atom stereocenters. The highest BCUT2D eigenvalue weighted by Gasteiger charge is 2.17. The highest BCUT2D eigenvalue weighted by atomic mass is 16.2. The van der Waals surface area contributed by atoms with Crippen LogP contribution in [0.15, 0.2) is 17.3 Å². The number of aromatic nitrogens is 2. The summed E-state index contributed by atoms with van der Waals surface area (Å²) in [6.07, 6.45) is 2.50. The van der Waals surface area contributed by atoms with E-state index in [4.69, 9.17) is 0 Å². The van der Waals surface area contributed by atoms with Crippen LogP contribution in [0.1, 0.15) is 31.1 Å². The highest BCUT2D eigenvalue weighted by Crippen LogP contribution is 2.00. The molecular weight excluding hydrogens is 182 g/mol. The Balaban J connectivity index is 2.92. The number of nitrogens with one attached hydrogen (secondary N) is 2. The van der Waals surface area contributed by atoms with Crippen molar-refractivity contribution in [2.75, 3.05) is 0 Å². The van der Waals surface area contributed by atoms with Crippen LogP contribution in [0.5, 0.6) is 0 Å². The van der Waals surface area contributed by atoms with Crippen molar-refractivity contribution in [3.63, 3.8) is 0 Å². The molecule has 1 aromatic heterocycles. The van der Waals surface area contributed by atoms with Gasteiger partial charge in [-0.25, -0.2) is 4.98 Å². The van der Waals surface area contributed by atoms with Gasteiger partial charge >= 0.3 is 0 Å². The lowest BCUT2D eigenvalue weighted by Crippen LogP contribution is -2.42. The fraction of sp³-hybridized carbons (Fsp3) is 0.444. The molecule has 0 bridgehead atoms. The smallest absolute Gasteiger partial charge is 0.263 e. The summed E-state index contributed by atoms with van der Waals surface area (Å²) >= 11 is 0. The second kappa shape index (κ2) is 3.61. The van der Waals surface area contributed by atoms with Crippen molar-refractivity contribution in [1.82, 2.24) is 15.3 Å². The summed E-state index contributed by atoms with van der Waals surface area (Å²) in [6.45, 7) is 5.53. The van der Waals surface area contributed by atoms with E-state index in [1.165, 1.54) is 12.5 Å². The molecule has 14 heavy (non-hydrogen) atoms. The molecule has 1 heterocycles. The number of carbonyl (C=O) groups excluding carboxylic acids is 1. The lowest BCUT2D eigenvalue weighted by Gasteiger charge is -2.19. The Morgan fingerprint density at radius 1 is 1.50 bits per heavy atom. The predicted octanol–water partition coefficient (Wildman–Crippen LogP) is 0.298. The van der Waals surface area contributed by atoms with E-state index >= 15 is 0 Å². The first-order valence-corrected chi connectivity index (χ1v) is 4.25. The van der Waals surface area contributed by atoms with E-state index in [2.05, 4.69) is 15.3 Å². The summed E-state index contributed by atoms with van der Waals surface area (Å²) in [4.78, 5) is 28.7. The average Bonchev–Trinajstić information content (AvgIpc) is 2.01. The molecule has 0 spiro atoms. The number of H-pyrrole nitrogens is 1. The maximum atomic E-state index is 11.5. The van der Waals surface area contributed by atoms with Crippen molar-refractivity contribution in [2.24, 2.45) is 0 Å². The van der Waals surface area contributed by atoms with Gasteiger partial charge in [0.1, 0.15) is 5.56 Å². The molecule has 1 rings (SSSR count). The van der Waals surface area contributed by atoms with Gasteiger partial charge in [0.15, 0.2) is 0 Å². The monoisotopic (exact) mass is 195 g/mol. The molecule has 76 valence electrons. The van der Waals surface area contributed by atoms with E-state index in [9.17, 15) is 9.59 Å². The van der Waals surface area contributed by atoms with Gasteiger partial charge in [0.25, 0.3) is 11.5 Å². The maximum absolute atomic E-state index is 11.5. The number of carbonyl (C=O) groups is 1. The molecule has 1 aromatic rings. The summed E-state index contributed by atoms with van der Waals surface area (Å²) in [6, 6.07) is 0. The second-order valence-corrected chi connectivity index (χ2v) is 4.00. The Morgan fingerprint density at radius 2 is 2.14 bits per heavy atom. The van der Waals surface area contributed by atoms with Gasteiger partial charge in [0.2, 0.25) is 0 Å².